The van der Waals surface area contributed by atoms with E-state index in [0.29, 0.717) is 17.0 Å². The van der Waals surface area contributed by atoms with Gasteiger partial charge in [0.05, 0.1) is 0 Å². The van der Waals surface area contributed by atoms with E-state index in [1.807, 2.05) is 42.5 Å². The molecular weight excluding hydrogens is 278 g/mol. The molecule has 0 aliphatic heterocycles. The molecule has 1 amide bonds. The summed E-state index contributed by atoms with van der Waals surface area (Å²) < 4.78 is 5.37. The molecule has 0 aliphatic carbocycles. The molecular formula is C18H13NO3. The van der Waals surface area contributed by atoms with Crippen LogP contribution in [0.3, 0.4) is 0 Å². The Kier molecular flexibility index (Phi) is 3.83. The number of amides is 1. The quantitative estimate of drug-likeness (QED) is 0.733. The van der Waals surface area contributed by atoms with Gasteiger partial charge in [0.2, 0.25) is 0 Å². The third-order valence-corrected chi connectivity index (χ3v) is 3.27. The third-order valence-electron chi connectivity index (χ3n) is 3.27. The fraction of sp³-hybridized carbons (Fsp3) is 0. The van der Waals surface area contributed by atoms with Gasteiger partial charge in [-0.2, -0.15) is 0 Å². The predicted octanol–water partition coefficient (Wildman–Crippen LogP) is 4.26. The van der Waals surface area contributed by atoms with Gasteiger partial charge in [0.25, 0.3) is 0 Å². The van der Waals surface area contributed by atoms with Crippen molar-refractivity contribution < 1.29 is 14.3 Å². The summed E-state index contributed by atoms with van der Waals surface area (Å²) in [7, 11) is 0. The van der Waals surface area contributed by atoms with E-state index in [-0.39, 0.29) is 0 Å². The van der Waals surface area contributed by atoms with Gasteiger partial charge in [-0.25, -0.2) is 4.79 Å². The van der Waals surface area contributed by atoms with Crippen molar-refractivity contribution in [2.75, 3.05) is 5.32 Å². The summed E-state index contributed by atoms with van der Waals surface area (Å²) in [4.78, 5) is 23.1. The SMILES string of the molecule is O=Cc1ccc(OC(=O)Nc2ccccc2)c2ccccc12. The number of para-hydroxylation sites is 1. The maximum Gasteiger partial charge on any atom is 0.417 e. The highest BCUT2D eigenvalue weighted by atomic mass is 16.6. The number of anilines is 1. The van der Waals surface area contributed by atoms with Crippen molar-refractivity contribution in [2.24, 2.45) is 0 Å². The number of hydrogen-bond acceptors (Lipinski definition) is 3. The molecule has 4 heteroatoms. The highest BCUT2D eigenvalue weighted by Crippen LogP contribution is 2.28. The second-order valence-electron chi connectivity index (χ2n) is 4.70. The molecule has 3 aromatic rings. The number of carbonyl (C=O) groups excluding carboxylic acids is 2. The Morgan fingerprint density at radius 2 is 1.55 bits per heavy atom. The molecule has 0 atom stereocenters. The smallest absolute Gasteiger partial charge is 0.409 e. The van der Waals surface area contributed by atoms with Gasteiger partial charge >= 0.3 is 6.09 Å². The van der Waals surface area contributed by atoms with Crippen LogP contribution >= 0.6 is 0 Å². The zero-order valence-corrected chi connectivity index (χ0v) is 11.7. The standard InChI is InChI=1S/C18H13NO3/c20-12-13-10-11-17(16-9-5-4-8-15(13)16)22-18(21)19-14-6-2-1-3-7-14/h1-12H,(H,19,21). The van der Waals surface area contributed by atoms with Gasteiger partial charge < -0.3 is 4.74 Å². The van der Waals surface area contributed by atoms with Gasteiger partial charge in [-0.1, -0.05) is 42.5 Å². The third kappa shape index (κ3) is 2.81. The molecule has 0 aromatic heterocycles. The highest BCUT2D eigenvalue weighted by Gasteiger charge is 2.10. The first-order chi connectivity index (χ1) is 10.8. The Bertz CT molecular complexity index is 828. The molecule has 22 heavy (non-hydrogen) atoms. The van der Waals surface area contributed by atoms with Crippen LogP contribution in [0.4, 0.5) is 10.5 Å². The van der Waals surface area contributed by atoms with E-state index in [9.17, 15) is 9.59 Å². The van der Waals surface area contributed by atoms with Gasteiger partial charge in [0.15, 0.2) is 6.29 Å². The number of carbonyl (C=O) groups is 2. The molecule has 3 aromatic carbocycles. The Balaban J connectivity index is 1.88. The molecule has 0 fully saturated rings. The molecule has 3 rings (SSSR count). The lowest BCUT2D eigenvalue weighted by Crippen LogP contribution is -2.16. The number of hydrogen-bond donors (Lipinski definition) is 1. The van der Waals surface area contributed by atoms with Crippen molar-refractivity contribution in [3.05, 3.63) is 72.3 Å². The number of fused-ring (bicyclic) bond motifs is 1. The van der Waals surface area contributed by atoms with Crippen LogP contribution in [-0.2, 0) is 0 Å². The summed E-state index contributed by atoms with van der Waals surface area (Å²) in [6, 6.07) is 19.6. The van der Waals surface area contributed by atoms with Gasteiger partial charge in [0.1, 0.15) is 5.75 Å². The number of nitrogens with one attached hydrogen (secondary N) is 1. The van der Waals surface area contributed by atoms with Crippen molar-refractivity contribution in [2.45, 2.75) is 0 Å². The van der Waals surface area contributed by atoms with Crippen LogP contribution in [0.2, 0.25) is 0 Å². The van der Waals surface area contributed by atoms with Crippen LogP contribution in [0.1, 0.15) is 10.4 Å². The number of ether oxygens (including phenoxy) is 1. The molecule has 0 radical (unpaired) electrons. The van der Waals surface area contributed by atoms with Crippen molar-refractivity contribution in [3.63, 3.8) is 0 Å². The second-order valence-corrected chi connectivity index (χ2v) is 4.70. The minimum Gasteiger partial charge on any atom is -0.409 e. The van der Waals surface area contributed by atoms with Crippen LogP contribution in [0.5, 0.6) is 5.75 Å². The average molecular weight is 291 g/mol. The van der Waals surface area contributed by atoms with Crippen LogP contribution < -0.4 is 10.1 Å². The van der Waals surface area contributed by atoms with Crippen LogP contribution in [0.25, 0.3) is 10.8 Å². The summed E-state index contributed by atoms with van der Waals surface area (Å²) >= 11 is 0. The van der Waals surface area contributed by atoms with Crippen molar-refractivity contribution in [1.82, 2.24) is 0 Å². The molecule has 0 unspecified atom stereocenters. The first kappa shape index (κ1) is 13.8. The van der Waals surface area contributed by atoms with Crippen molar-refractivity contribution in [3.8, 4) is 5.75 Å². The maximum atomic E-state index is 12.0. The van der Waals surface area contributed by atoms with Crippen LogP contribution in [-0.4, -0.2) is 12.4 Å². The zero-order chi connectivity index (χ0) is 15.4. The molecule has 0 spiro atoms. The van der Waals surface area contributed by atoms with Crippen LogP contribution in [0.15, 0.2) is 66.7 Å². The summed E-state index contributed by atoms with van der Waals surface area (Å²) in [5, 5.41) is 4.12. The van der Waals surface area contributed by atoms with Gasteiger partial charge in [-0.15, -0.1) is 0 Å². The summed E-state index contributed by atoms with van der Waals surface area (Å²) in [5.74, 6) is 0.412. The highest BCUT2D eigenvalue weighted by molar-refractivity contribution is 6.02. The molecule has 0 saturated carbocycles. The van der Waals surface area contributed by atoms with E-state index < -0.39 is 6.09 Å². The number of rotatable bonds is 3. The van der Waals surface area contributed by atoms with Crippen molar-refractivity contribution >= 4 is 28.8 Å². The topological polar surface area (TPSA) is 55.4 Å². The molecule has 0 saturated heterocycles. The molecule has 0 aliphatic rings. The fourth-order valence-corrected chi connectivity index (χ4v) is 2.25. The lowest BCUT2D eigenvalue weighted by atomic mass is 10.0. The first-order valence-corrected chi connectivity index (χ1v) is 6.79. The van der Waals surface area contributed by atoms with E-state index in [4.69, 9.17) is 4.74 Å². The molecule has 0 heterocycles. The van der Waals surface area contributed by atoms with E-state index in [2.05, 4.69) is 5.32 Å². The minimum atomic E-state index is -0.574. The molecule has 4 nitrogen and oxygen atoms in total. The predicted molar refractivity (Wildman–Crippen MR) is 85.4 cm³/mol. The normalized spacial score (nSPS) is 10.2. The van der Waals surface area contributed by atoms with E-state index >= 15 is 0 Å². The lowest BCUT2D eigenvalue weighted by molar-refractivity contribution is 0.112. The van der Waals surface area contributed by atoms with E-state index in [0.717, 1.165) is 17.1 Å². The summed E-state index contributed by atoms with van der Waals surface area (Å²) in [6.45, 7) is 0. The van der Waals surface area contributed by atoms with Crippen molar-refractivity contribution in [1.29, 1.82) is 0 Å². The van der Waals surface area contributed by atoms with Gasteiger partial charge in [0, 0.05) is 16.6 Å². The Labute approximate surface area is 127 Å². The van der Waals surface area contributed by atoms with E-state index in [1.54, 1.807) is 24.3 Å². The number of benzene rings is 3. The number of aldehydes is 1. The monoisotopic (exact) mass is 291 g/mol. The maximum absolute atomic E-state index is 12.0. The summed E-state index contributed by atoms with van der Waals surface area (Å²) in [6.07, 6.45) is 0.214. The second kappa shape index (κ2) is 6.10. The molecule has 1 N–H and O–H groups in total. The largest absolute Gasteiger partial charge is 0.417 e. The Morgan fingerprint density at radius 3 is 2.27 bits per heavy atom. The fourth-order valence-electron chi connectivity index (χ4n) is 2.25. The molecule has 108 valence electrons. The van der Waals surface area contributed by atoms with Crippen LogP contribution in [0, 0.1) is 0 Å². The van der Waals surface area contributed by atoms with Gasteiger partial charge in [-0.05, 0) is 29.7 Å². The van der Waals surface area contributed by atoms with Gasteiger partial charge in [-0.3, -0.25) is 10.1 Å². The Morgan fingerprint density at radius 1 is 0.864 bits per heavy atom. The minimum absolute atomic E-state index is 0.412. The Hall–Kier alpha value is -3.14. The average Bonchev–Trinajstić information content (AvgIpc) is 2.56. The van der Waals surface area contributed by atoms with E-state index in [1.165, 1.54) is 0 Å². The molecule has 0 bridgehead atoms. The lowest BCUT2D eigenvalue weighted by Gasteiger charge is -2.10. The first-order valence-electron chi connectivity index (χ1n) is 6.79. The zero-order valence-electron chi connectivity index (χ0n) is 11.7. The summed E-state index contributed by atoms with van der Waals surface area (Å²) in [5.41, 5.74) is 1.22.